The van der Waals surface area contributed by atoms with Gasteiger partial charge in [-0.1, -0.05) is 54.1 Å². The molecule has 33 heavy (non-hydrogen) atoms. The maximum Gasteiger partial charge on any atom is 0.352 e. The van der Waals surface area contributed by atoms with E-state index in [9.17, 15) is 9.90 Å². The number of methoxy groups -OCH3 is 1. The van der Waals surface area contributed by atoms with E-state index in [0.717, 1.165) is 44.6 Å². The minimum absolute atomic E-state index is 0.298. The number of aryl methyl sites for hydroxylation is 1. The number of hydrogen-bond donors (Lipinski definition) is 2. The number of carbonyl (C=O) groups is 1. The highest BCUT2D eigenvalue weighted by Gasteiger charge is 2.23. The molecule has 4 rings (SSSR count). The minimum Gasteiger partial charge on any atom is -0.497 e. The Morgan fingerprint density at radius 3 is 2.48 bits per heavy atom. The van der Waals surface area contributed by atoms with Gasteiger partial charge in [0.2, 0.25) is 0 Å². The summed E-state index contributed by atoms with van der Waals surface area (Å²) in [6.45, 7) is 3.63. The summed E-state index contributed by atoms with van der Waals surface area (Å²) in [5.74, 6) is -0.247. The largest absolute Gasteiger partial charge is 0.497 e. The smallest absolute Gasteiger partial charge is 0.352 e. The fourth-order valence-corrected chi connectivity index (χ4v) is 4.44. The number of fused-ring (bicyclic) bond motifs is 1. The summed E-state index contributed by atoms with van der Waals surface area (Å²) in [6, 6.07) is 21.5. The monoisotopic (exact) mass is 462 g/mol. The number of hydrogen-bond acceptors (Lipinski definition) is 3. The molecule has 0 aliphatic rings. The molecule has 0 aliphatic carbocycles. The van der Waals surface area contributed by atoms with E-state index < -0.39 is 5.97 Å². The van der Waals surface area contributed by atoms with Gasteiger partial charge in [0, 0.05) is 35.1 Å². The molecule has 4 aromatic rings. The molecular formula is C27H27ClN2O3. The number of carboxylic acids is 1. The fourth-order valence-electron chi connectivity index (χ4n) is 4.21. The van der Waals surface area contributed by atoms with Gasteiger partial charge in [-0.15, -0.1) is 0 Å². The van der Waals surface area contributed by atoms with E-state index in [-0.39, 0.29) is 0 Å². The van der Waals surface area contributed by atoms with E-state index in [1.807, 2.05) is 78.2 Å². The summed E-state index contributed by atoms with van der Waals surface area (Å²) < 4.78 is 7.31. The van der Waals surface area contributed by atoms with Crippen LogP contribution in [0.3, 0.4) is 0 Å². The third kappa shape index (κ3) is 4.90. The molecule has 1 heterocycles. The third-order valence-electron chi connectivity index (χ3n) is 6.00. The van der Waals surface area contributed by atoms with Gasteiger partial charge in [0.25, 0.3) is 0 Å². The molecule has 3 aromatic carbocycles. The van der Waals surface area contributed by atoms with Gasteiger partial charge in [-0.25, -0.2) is 4.79 Å². The second-order valence-corrected chi connectivity index (χ2v) is 8.45. The minimum atomic E-state index is -0.943. The second-order valence-electron chi connectivity index (χ2n) is 8.05. The normalized spacial score (nSPS) is 11.1. The first-order valence-electron chi connectivity index (χ1n) is 10.9. The highest BCUT2D eigenvalue weighted by atomic mass is 35.5. The molecule has 5 nitrogen and oxygen atoms in total. The van der Waals surface area contributed by atoms with Crippen molar-refractivity contribution in [2.45, 2.75) is 26.4 Å². The summed E-state index contributed by atoms with van der Waals surface area (Å²) in [6.07, 6.45) is 0.762. The zero-order valence-corrected chi connectivity index (χ0v) is 19.5. The Morgan fingerprint density at radius 1 is 1.06 bits per heavy atom. The number of benzene rings is 3. The Kier molecular flexibility index (Phi) is 7.02. The summed E-state index contributed by atoms with van der Waals surface area (Å²) >= 11 is 6.27. The van der Waals surface area contributed by atoms with Gasteiger partial charge in [-0.3, -0.25) is 0 Å². The van der Waals surface area contributed by atoms with Crippen molar-refractivity contribution >= 4 is 28.5 Å². The SMILES string of the molecule is COc1ccc2c(CNCCc3ccccc3Cl)c(C(=O)O)n(Cc3ccccc3C)c2c1. The number of aromatic nitrogens is 1. The van der Waals surface area contributed by atoms with Gasteiger partial charge in [-0.2, -0.15) is 0 Å². The predicted octanol–water partition coefficient (Wildman–Crippen LogP) is 5.69. The van der Waals surface area contributed by atoms with Crippen molar-refractivity contribution in [1.29, 1.82) is 0 Å². The predicted molar refractivity (Wildman–Crippen MR) is 133 cm³/mol. The number of aromatic carboxylic acids is 1. The second kappa shape index (κ2) is 10.1. The summed E-state index contributed by atoms with van der Waals surface area (Å²) in [5.41, 5.74) is 5.19. The van der Waals surface area contributed by atoms with Crippen molar-refractivity contribution in [2.75, 3.05) is 13.7 Å². The van der Waals surface area contributed by atoms with E-state index in [4.69, 9.17) is 16.3 Å². The van der Waals surface area contributed by atoms with Crippen LogP contribution in [0.15, 0.2) is 66.7 Å². The summed E-state index contributed by atoms with van der Waals surface area (Å²) in [4.78, 5) is 12.4. The maximum atomic E-state index is 12.4. The lowest BCUT2D eigenvalue weighted by Crippen LogP contribution is -2.19. The molecular weight excluding hydrogens is 436 g/mol. The topological polar surface area (TPSA) is 63.5 Å². The summed E-state index contributed by atoms with van der Waals surface area (Å²) in [5, 5.41) is 15.3. The highest BCUT2D eigenvalue weighted by molar-refractivity contribution is 6.31. The highest BCUT2D eigenvalue weighted by Crippen LogP contribution is 2.31. The molecule has 0 aliphatic heterocycles. The van der Waals surface area contributed by atoms with Crippen LogP contribution in [0, 0.1) is 6.92 Å². The Labute approximate surface area is 198 Å². The first-order valence-corrected chi connectivity index (χ1v) is 11.3. The van der Waals surface area contributed by atoms with Crippen LogP contribution in [0.1, 0.15) is 32.7 Å². The molecule has 0 amide bonds. The fraction of sp³-hybridized carbons (Fsp3) is 0.222. The summed E-state index contributed by atoms with van der Waals surface area (Å²) in [7, 11) is 1.62. The van der Waals surface area contributed by atoms with Gasteiger partial charge in [0.15, 0.2) is 0 Å². The van der Waals surface area contributed by atoms with Gasteiger partial charge in [0.05, 0.1) is 12.6 Å². The van der Waals surface area contributed by atoms with Crippen LogP contribution in [0.4, 0.5) is 0 Å². The maximum absolute atomic E-state index is 12.4. The van der Waals surface area contributed by atoms with Gasteiger partial charge in [0.1, 0.15) is 11.4 Å². The third-order valence-corrected chi connectivity index (χ3v) is 6.37. The molecule has 6 heteroatoms. The van der Waals surface area contributed by atoms with E-state index in [2.05, 4.69) is 5.32 Å². The molecule has 0 unspecified atom stereocenters. The van der Waals surface area contributed by atoms with Crippen molar-refractivity contribution in [3.63, 3.8) is 0 Å². The number of carboxylic acid groups (broad SMARTS) is 1. The molecule has 2 N–H and O–H groups in total. The van der Waals surface area contributed by atoms with Crippen molar-refractivity contribution < 1.29 is 14.6 Å². The quantitative estimate of drug-likeness (QED) is 0.313. The molecule has 0 saturated heterocycles. The number of rotatable bonds is 9. The Bertz CT molecular complexity index is 1300. The Morgan fingerprint density at radius 2 is 1.79 bits per heavy atom. The molecule has 1 aromatic heterocycles. The van der Waals surface area contributed by atoms with Gasteiger partial charge < -0.3 is 19.7 Å². The standard InChI is InChI=1S/C27H27ClN2O3/c1-18-7-3-4-9-20(18)17-30-25-15-21(33-2)11-12-22(25)23(26(30)27(31)32)16-29-14-13-19-8-5-6-10-24(19)28/h3-12,15,29H,13-14,16-17H2,1-2H3,(H,31,32). The lowest BCUT2D eigenvalue weighted by molar-refractivity contribution is 0.0684. The number of nitrogens with zero attached hydrogens (tertiary/aromatic N) is 1. The first-order chi connectivity index (χ1) is 16.0. The molecule has 0 fully saturated rings. The number of halogens is 1. The van der Waals surface area contributed by atoms with E-state index in [0.29, 0.717) is 31.1 Å². The number of nitrogens with one attached hydrogen (secondary N) is 1. The first kappa shape index (κ1) is 22.9. The Hall–Kier alpha value is -3.28. The van der Waals surface area contributed by atoms with Crippen LogP contribution in [0.5, 0.6) is 5.75 Å². The zero-order valence-electron chi connectivity index (χ0n) is 18.8. The van der Waals surface area contributed by atoms with E-state index >= 15 is 0 Å². The van der Waals surface area contributed by atoms with Gasteiger partial charge >= 0.3 is 5.97 Å². The Balaban J connectivity index is 1.69. The van der Waals surface area contributed by atoms with Gasteiger partial charge in [-0.05, 0) is 54.8 Å². The molecule has 0 radical (unpaired) electrons. The van der Waals surface area contributed by atoms with Crippen LogP contribution in [0.25, 0.3) is 10.9 Å². The number of ether oxygens (including phenoxy) is 1. The van der Waals surface area contributed by atoms with Crippen molar-refractivity contribution in [3.05, 3.63) is 99.7 Å². The van der Waals surface area contributed by atoms with Crippen molar-refractivity contribution in [1.82, 2.24) is 9.88 Å². The molecule has 170 valence electrons. The van der Waals surface area contributed by atoms with Crippen molar-refractivity contribution in [2.24, 2.45) is 0 Å². The molecule has 0 saturated carbocycles. The van der Waals surface area contributed by atoms with Crippen LogP contribution >= 0.6 is 11.6 Å². The van der Waals surface area contributed by atoms with Crippen molar-refractivity contribution in [3.8, 4) is 5.75 Å². The van der Waals surface area contributed by atoms with Crippen LogP contribution in [0.2, 0.25) is 5.02 Å². The van der Waals surface area contributed by atoms with E-state index in [1.54, 1.807) is 7.11 Å². The molecule has 0 bridgehead atoms. The van der Waals surface area contributed by atoms with E-state index in [1.165, 1.54) is 0 Å². The van der Waals surface area contributed by atoms with Crippen LogP contribution < -0.4 is 10.1 Å². The molecule has 0 atom stereocenters. The lowest BCUT2D eigenvalue weighted by Gasteiger charge is -2.12. The average Bonchev–Trinajstić information content (AvgIpc) is 3.12. The van der Waals surface area contributed by atoms with Crippen LogP contribution in [-0.4, -0.2) is 29.3 Å². The van der Waals surface area contributed by atoms with Crippen LogP contribution in [-0.2, 0) is 19.5 Å². The average molecular weight is 463 g/mol. The molecule has 0 spiro atoms. The lowest BCUT2D eigenvalue weighted by atomic mass is 10.1. The zero-order chi connectivity index (χ0) is 23.4.